The van der Waals surface area contributed by atoms with Crippen molar-refractivity contribution in [1.29, 1.82) is 0 Å². The van der Waals surface area contributed by atoms with E-state index in [0.717, 1.165) is 44.0 Å². The number of hydrogen-bond donors (Lipinski definition) is 1. The van der Waals surface area contributed by atoms with Crippen LogP contribution < -0.4 is 14.5 Å². The minimum Gasteiger partial charge on any atom is -0.497 e. The van der Waals surface area contributed by atoms with Crippen LogP contribution in [0.2, 0.25) is 5.02 Å². The monoisotopic (exact) mass is 385 g/mol. The summed E-state index contributed by atoms with van der Waals surface area (Å²) in [5.41, 5.74) is 2.09. The van der Waals surface area contributed by atoms with Crippen molar-refractivity contribution in [2.24, 2.45) is 0 Å². The minimum atomic E-state index is 0.538. The third kappa shape index (κ3) is 4.23. The Balaban J connectivity index is 1.35. The van der Waals surface area contributed by atoms with Gasteiger partial charge in [-0.1, -0.05) is 17.7 Å². The molecule has 0 amide bonds. The van der Waals surface area contributed by atoms with Crippen LogP contribution >= 0.6 is 11.6 Å². The molecule has 1 saturated heterocycles. The summed E-state index contributed by atoms with van der Waals surface area (Å²) in [6.07, 6.45) is 0. The van der Waals surface area contributed by atoms with Crippen LogP contribution in [0.15, 0.2) is 52.9 Å². The van der Waals surface area contributed by atoms with E-state index in [1.807, 2.05) is 36.4 Å². The van der Waals surface area contributed by atoms with Gasteiger partial charge in [-0.2, -0.15) is 0 Å². The number of piperazine rings is 1. The Kier molecular flexibility index (Phi) is 5.27. The smallest absolute Gasteiger partial charge is 0.271 e. The Hall–Kier alpha value is -2.57. The predicted molar refractivity (Wildman–Crippen MR) is 104 cm³/mol. The van der Waals surface area contributed by atoms with E-state index in [2.05, 4.69) is 27.2 Å². The summed E-state index contributed by atoms with van der Waals surface area (Å²) in [4.78, 5) is 3.83. The van der Waals surface area contributed by atoms with Gasteiger partial charge >= 0.3 is 0 Å². The van der Waals surface area contributed by atoms with Crippen molar-refractivity contribution >= 4 is 17.3 Å². The number of ether oxygens (including phenoxy) is 1. The maximum Gasteiger partial charge on any atom is 0.271 e. The molecule has 1 N–H and O–H groups in total. The first kappa shape index (κ1) is 17.8. The van der Waals surface area contributed by atoms with Gasteiger partial charge in [-0.3, -0.25) is 0 Å². The number of hydrogen-bond acceptors (Lipinski definition) is 5. The first-order valence-corrected chi connectivity index (χ1v) is 9.40. The molecule has 2 heterocycles. The third-order valence-corrected chi connectivity index (χ3v) is 5.10. The first-order chi connectivity index (χ1) is 13.2. The highest BCUT2D eigenvalue weighted by molar-refractivity contribution is 6.30. The van der Waals surface area contributed by atoms with Crippen LogP contribution in [0, 0.1) is 0 Å². The number of benzene rings is 2. The maximum atomic E-state index is 5.93. The number of nitrogens with one attached hydrogen (secondary N) is 1. The highest BCUT2D eigenvalue weighted by Gasteiger charge is 2.23. The molecular formula is C20H22ClN4O2+. The molecule has 1 fully saturated rings. The van der Waals surface area contributed by atoms with Gasteiger partial charge in [0.15, 0.2) is 6.54 Å². The molecule has 1 aromatic heterocycles. The Morgan fingerprint density at radius 1 is 1.11 bits per heavy atom. The molecule has 3 aromatic rings. The fourth-order valence-electron chi connectivity index (χ4n) is 3.31. The van der Waals surface area contributed by atoms with Crippen LogP contribution in [0.4, 0.5) is 5.69 Å². The summed E-state index contributed by atoms with van der Waals surface area (Å²) in [5.74, 6) is 2.10. The van der Waals surface area contributed by atoms with Crippen LogP contribution in [-0.2, 0) is 6.54 Å². The van der Waals surface area contributed by atoms with Gasteiger partial charge in [0.2, 0.25) is 5.89 Å². The topological polar surface area (TPSA) is 55.8 Å². The molecule has 7 heteroatoms. The molecule has 1 aliphatic rings. The number of rotatable bonds is 5. The van der Waals surface area contributed by atoms with E-state index in [0.29, 0.717) is 16.8 Å². The largest absolute Gasteiger partial charge is 0.497 e. The van der Waals surface area contributed by atoms with Crippen molar-refractivity contribution in [3.8, 4) is 17.2 Å². The molecule has 0 atom stereocenters. The van der Waals surface area contributed by atoms with Gasteiger partial charge in [0, 0.05) is 22.3 Å². The minimum absolute atomic E-state index is 0.538. The maximum absolute atomic E-state index is 5.93. The quantitative estimate of drug-likeness (QED) is 0.730. The summed E-state index contributed by atoms with van der Waals surface area (Å²) < 4.78 is 11.2. The highest BCUT2D eigenvalue weighted by atomic mass is 35.5. The molecule has 27 heavy (non-hydrogen) atoms. The van der Waals surface area contributed by atoms with Gasteiger partial charge in [-0.15, -0.1) is 10.2 Å². The van der Waals surface area contributed by atoms with Crippen molar-refractivity contribution in [1.82, 2.24) is 10.2 Å². The molecule has 0 unspecified atom stereocenters. The van der Waals surface area contributed by atoms with Gasteiger partial charge in [0.05, 0.1) is 33.3 Å². The van der Waals surface area contributed by atoms with Crippen LogP contribution in [0.25, 0.3) is 11.5 Å². The molecule has 0 radical (unpaired) electrons. The number of halogens is 1. The van der Waals surface area contributed by atoms with E-state index in [9.17, 15) is 0 Å². The average molecular weight is 386 g/mol. The molecule has 6 nitrogen and oxygen atoms in total. The molecule has 1 aliphatic heterocycles. The molecule has 140 valence electrons. The van der Waals surface area contributed by atoms with Crippen molar-refractivity contribution in [3.63, 3.8) is 0 Å². The van der Waals surface area contributed by atoms with Crippen LogP contribution in [-0.4, -0.2) is 43.5 Å². The third-order valence-electron chi connectivity index (χ3n) is 4.85. The Labute approximate surface area is 163 Å². The molecular weight excluding hydrogens is 364 g/mol. The lowest BCUT2D eigenvalue weighted by atomic mass is 10.2. The van der Waals surface area contributed by atoms with E-state index in [1.54, 1.807) is 7.11 Å². The number of methoxy groups -OCH3 is 1. The lowest BCUT2D eigenvalue weighted by Crippen LogP contribution is -3.13. The summed E-state index contributed by atoms with van der Waals surface area (Å²) in [6, 6.07) is 15.6. The summed E-state index contributed by atoms with van der Waals surface area (Å²) >= 11 is 5.93. The first-order valence-electron chi connectivity index (χ1n) is 9.02. The van der Waals surface area contributed by atoms with Gasteiger partial charge in [-0.05, 0) is 36.4 Å². The molecule has 0 spiro atoms. The second-order valence-electron chi connectivity index (χ2n) is 6.62. The van der Waals surface area contributed by atoms with Crippen LogP contribution in [0.3, 0.4) is 0 Å². The van der Waals surface area contributed by atoms with Crippen molar-refractivity contribution in [2.75, 3.05) is 38.2 Å². The predicted octanol–water partition coefficient (Wildman–Crippen LogP) is 2.30. The summed E-state index contributed by atoms with van der Waals surface area (Å²) in [6.45, 7) is 4.76. The normalized spacial score (nSPS) is 15.1. The van der Waals surface area contributed by atoms with E-state index >= 15 is 0 Å². The lowest BCUT2D eigenvalue weighted by molar-refractivity contribution is -0.915. The summed E-state index contributed by atoms with van der Waals surface area (Å²) in [7, 11) is 1.70. The second-order valence-corrected chi connectivity index (χ2v) is 7.06. The van der Waals surface area contributed by atoms with Crippen molar-refractivity contribution < 1.29 is 14.1 Å². The SMILES string of the molecule is COc1cccc(N2CC[NH+](Cc3nnc(-c4ccc(Cl)cc4)o3)CC2)c1. The second kappa shape index (κ2) is 7.98. The zero-order chi connectivity index (χ0) is 18.6. The van der Waals surface area contributed by atoms with Crippen molar-refractivity contribution in [3.05, 3.63) is 59.4 Å². The molecule has 0 aliphatic carbocycles. The van der Waals surface area contributed by atoms with E-state index < -0.39 is 0 Å². The standard InChI is InChI=1S/C20H21ClN4O2/c1-26-18-4-2-3-17(13-18)25-11-9-24(10-12-25)14-19-22-23-20(27-19)15-5-7-16(21)8-6-15/h2-8,13H,9-12,14H2,1H3/p+1. The fourth-order valence-corrected chi connectivity index (χ4v) is 3.44. The number of anilines is 1. The van der Waals surface area contributed by atoms with Crippen LogP contribution in [0.5, 0.6) is 5.75 Å². The Morgan fingerprint density at radius 2 is 1.89 bits per heavy atom. The van der Waals surface area contributed by atoms with Gasteiger partial charge in [0.25, 0.3) is 5.89 Å². The van der Waals surface area contributed by atoms with Gasteiger partial charge in [0.1, 0.15) is 5.75 Å². The number of nitrogens with zero attached hydrogens (tertiary/aromatic N) is 3. The van der Waals surface area contributed by atoms with E-state index in [1.165, 1.54) is 10.6 Å². The van der Waals surface area contributed by atoms with Gasteiger partial charge < -0.3 is 19.0 Å². The van der Waals surface area contributed by atoms with E-state index in [4.69, 9.17) is 20.8 Å². The molecule has 0 bridgehead atoms. The lowest BCUT2D eigenvalue weighted by Gasteiger charge is -2.33. The van der Waals surface area contributed by atoms with Gasteiger partial charge in [-0.25, -0.2) is 0 Å². The number of quaternary nitrogens is 1. The zero-order valence-corrected chi connectivity index (χ0v) is 15.9. The van der Waals surface area contributed by atoms with Crippen molar-refractivity contribution in [2.45, 2.75) is 6.54 Å². The van der Waals surface area contributed by atoms with E-state index in [-0.39, 0.29) is 0 Å². The summed E-state index contributed by atoms with van der Waals surface area (Å²) in [5, 5.41) is 9.07. The zero-order valence-electron chi connectivity index (χ0n) is 15.2. The fraction of sp³-hybridized carbons (Fsp3) is 0.300. The molecule has 0 saturated carbocycles. The molecule has 4 rings (SSSR count). The highest BCUT2D eigenvalue weighted by Crippen LogP contribution is 2.21. The Bertz CT molecular complexity index is 889. The Morgan fingerprint density at radius 3 is 2.63 bits per heavy atom. The average Bonchev–Trinajstić information content (AvgIpc) is 3.17. The number of aromatic nitrogens is 2. The van der Waals surface area contributed by atoms with Crippen LogP contribution in [0.1, 0.15) is 5.89 Å². The molecule has 2 aromatic carbocycles.